The van der Waals surface area contributed by atoms with Gasteiger partial charge in [-0.25, -0.2) is 9.48 Å². The van der Waals surface area contributed by atoms with Crippen LogP contribution in [0, 0.1) is 0 Å². The fourth-order valence-electron chi connectivity index (χ4n) is 3.38. The molecule has 1 aromatic heterocycles. The van der Waals surface area contributed by atoms with Crippen molar-refractivity contribution < 1.29 is 23.1 Å². The molecule has 0 spiro atoms. The monoisotopic (exact) mass is 516 g/mol. The molecule has 0 aliphatic rings. The molecule has 1 amide bonds. The topological polar surface area (TPSA) is 89.2 Å². The van der Waals surface area contributed by atoms with Crippen molar-refractivity contribution in [1.29, 1.82) is 0 Å². The van der Waals surface area contributed by atoms with E-state index in [9.17, 15) is 27.9 Å². The van der Waals surface area contributed by atoms with E-state index in [1.165, 1.54) is 24.3 Å². The van der Waals surface area contributed by atoms with Crippen molar-refractivity contribution in [2.75, 3.05) is 6.61 Å². The van der Waals surface area contributed by atoms with Crippen LogP contribution < -0.4 is 11.0 Å². The predicted octanol–water partition coefficient (Wildman–Crippen LogP) is 3.99. The summed E-state index contributed by atoms with van der Waals surface area (Å²) in [6.07, 6.45) is -5.74. The minimum absolute atomic E-state index is 0.0326. The first-order valence-electron chi connectivity index (χ1n) is 10.1. The highest BCUT2D eigenvalue weighted by molar-refractivity contribution is 6.31. The second-order valence-corrected chi connectivity index (χ2v) is 8.65. The van der Waals surface area contributed by atoms with Crippen LogP contribution in [0.3, 0.4) is 0 Å². The van der Waals surface area contributed by atoms with E-state index in [1.807, 2.05) is 0 Å². The van der Waals surface area contributed by atoms with Gasteiger partial charge in [0.25, 0.3) is 0 Å². The van der Waals surface area contributed by atoms with Crippen LogP contribution in [0.5, 0.6) is 0 Å². The Kier molecular flexibility index (Phi) is 7.74. The maximum Gasteiger partial charge on any atom is 0.390 e. The zero-order chi connectivity index (χ0) is 25.1. The van der Waals surface area contributed by atoms with Gasteiger partial charge in [-0.2, -0.15) is 13.2 Å². The first kappa shape index (κ1) is 25.8. The van der Waals surface area contributed by atoms with E-state index in [0.29, 0.717) is 21.2 Å². The Labute approximate surface area is 202 Å². The van der Waals surface area contributed by atoms with Crippen molar-refractivity contribution >= 4 is 29.1 Å². The third kappa shape index (κ3) is 5.99. The van der Waals surface area contributed by atoms with Gasteiger partial charge in [-0.05, 0) is 42.8 Å². The Hall–Kier alpha value is -2.82. The Morgan fingerprint density at radius 1 is 1.12 bits per heavy atom. The molecule has 182 valence electrons. The third-order valence-electron chi connectivity index (χ3n) is 5.14. The molecule has 0 saturated carbocycles. The Morgan fingerprint density at radius 2 is 1.76 bits per heavy atom. The summed E-state index contributed by atoms with van der Waals surface area (Å²) in [5.74, 6) is -0.726. The molecule has 34 heavy (non-hydrogen) atoms. The lowest BCUT2D eigenvalue weighted by Crippen LogP contribution is -2.48. The summed E-state index contributed by atoms with van der Waals surface area (Å²) in [6.45, 7) is -0.197. The second kappa shape index (κ2) is 10.2. The molecular weight excluding hydrogens is 496 g/mol. The zero-order valence-corrected chi connectivity index (χ0v) is 19.5. The maximum absolute atomic E-state index is 12.9. The van der Waals surface area contributed by atoms with Crippen LogP contribution in [-0.4, -0.2) is 38.1 Å². The van der Waals surface area contributed by atoms with Gasteiger partial charge in [0.05, 0.1) is 18.6 Å². The van der Waals surface area contributed by atoms with E-state index in [-0.39, 0.29) is 5.82 Å². The van der Waals surface area contributed by atoms with Crippen molar-refractivity contribution in [2.24, 2.45) is 0 Å². The first-order valence-corrected chi connectivity index (χ1v) is 10.9. The normalized spacial score (nSPS) is 13.5. The fourth-order valence-corrected chi connectivity index (χ4v) is 3.85. The maximum atomic E-state index is 12.9. The van der Waals surface area contributed by atoms with E-state index in [0.717, 1.165) is 9.25 Å². The summed E-state index contributed by atoms with van der Waals surface area (Å²) in [5, 5.41) is 17.4. The number of aliphatic hydroxyl groups excluding tert-OH is 1. The van der Waals surface area contributed by atoms with Crippen LogP contribution in [-0.2, 0) is 23.4 Å². The van der Waals surface area contributed by atoms with Gasteiger partial charge in [-0.15, -0.1) is 5.10 Å². The van der Waals surface area contributed by atoms with Crippen molar-refractivity contribution in [2.45, 2.75) is 38.1 Å². The Balaban J connectivity index is 1.91. The summed E-state index contributed by atoms with van der Waals surface area (Å²) in [7, 11) is 0. The van der Waals surface area contributed by atoms with Gasteiger partial charge in [0.1, 0.15) is 6.54 Å². The van der Waals surface area contributed by atoms with E-state index in [4.69, 9.17) is 23.2 Å². The number of benzene rings is 2. The SMILES string of the molecule is CC(CO)(NC(=O)Cn1nc(-c2ccc(Cl)cc2)n(CCC(F)(F)F)c1=O)c1ccccc1Cl. The fraction of sp³-hybridized carbons (Fsp3) is 0.318. The van der Waals surface area contributed by atoms with Gasteiger partial charge < -0.3 is 10.4 Å². The molecule has 2 aromatic carbocycles. The highest BCUT2D eigenvalue weighted by Crippen LogP contribution is 2.28. The molecule has 0 bridgehead atoms. The molecule has 0 aliphatic heterocycles. The number of rotatable bonds is 8. The van der Waals surface area contributed by atoms with E-state index < -0.39 is 49.4 Å². The van der Waals surface area contributed by atoms with Gasteiger partial charge >= 0.3 is 11.9 Å². The van der Waals surface area contributed by atoms with Crippen molar-refractivity contribution in [3.63, 3.8) is 0 Å². The summed E-state index contributed by atoms with van der Waals surface area (Å²) in [4.78, 5) is 25.6. The molecule has 0 saturated heterocycles. The standard InChI is InChI=1S/C22H21Cl2F3N4O3/c1-21(13-32,16-4-2-3-5-17(16)24)28-18(33)12-31-20(34)30(11-10-22(25,26)27)19(29-31)14-6-8-15(23)9-7-14/h2-9,32H,10-13H2,1H3,(H,28,33). The molecule has 0 radical (unpaired) electrons. The van der Waals surface area contributed by atoms with E-state index in [1.54, 1.807) is 31.2 Å². The molecule has 0 aliphatic carbocycles. The predicted molar refractivity (Wildman–Crippen MR) is 122 cm³/mol. The average molecular weight is 517 g/mol. The number of hydrogen-bond donors (Lipinski definition) is 2. The van der Waals surface area contributed by atoms with E-state index in [2.05, 4.69) is 10.4 Å². The van der Waals surface area contributed by atoms with E-state index >= 15 is 0 Å². The molecule has 7 nitrogen and oxygen atoms in total. The van der Waals surface area contributed by atoms with Crippen LogP contribution >= 0.6 is 23.2 Å². The molecule has 12 heteroatoms. The lowest BCUT2D eigenvalue weighted by molar-refractivity contribution is -0.136. The number of halogens is 5. The van der Waals surface area contributed by atoms with Crippen LogP contribution in [0.2, 0.25) is 10.0 Å². The third-order valence-corrected chi connectivity index (χ3v) is 5.72. The van der Waals surface area contributed by atoms with Gasteiger partial charge in [-0.3, -0.25) is 9.36 Å². The molecule has 2 N–H and O–H groups in total. The minimum Gasteiger partial charge on any atom is -0.394 e. The quantitative estimate of drug-likeness (QED) is 0.473. The molecule has 3 rings (SSSR count). The Morgan fingerprint density at radius 3 is 2.35 bits per heavy atom. The Bertz CT molecular complexity index is 1230. The van der Waals surface area contributed by atoms with Crippen molar-refractivity contribution in [3.05, 3.63) is 74.6 Å². The molecular formula is C22H21Cl2F3N4O3. The molecule has 1 heterocycles. The van der Waals surface area contributed by atoms with Gasteiger partial charge in [0.15, 0.2) is 5.82 Å². The number of carbonyl (C=O) groups is 1. The molecule has 1 unspecified atom stereocenters. The van der Waals surface area contributed by atoms with Crippen LogP contribution in [0.15, 0.2) is 53.3 Å². The number of nitrogens with one attached hydrogen (secondary N) is 1. The highest BCUT2D eigenvalue weighted by Gasteiger charge is 2.31. The van der Waals surface area contributed by atoms with Crippen LogP contribution in [0.4, 0.5) is 13.2 Å². The zero-order valence-electron chi connectivity index (χ0n) is 17.9. The lowest BCUT2D eigenvalue weighted by atomic mass is 9.92. The van der Waals surface area contributed by atoms with Crippen molar-refractivity contribution in [3.8, 4) is 11.4 Å². The van der Waals surface area contributed by atoms with Crippen LogP contribution in [0.25, 0.3) is 11.4 Å². The molecule has 0 fully saturated rings. The number of aliphatic hydroxyl groups is 1. The number of nitrogens with zero attached hydrogens (tertiary/aromatic N) is 3. The number of amides is 1. The number of alkyl halides is 3. The first-order chi connectivity index (χ1) is 15.9. The summed E-state index contributed by atoms with van der Waals surface area (Å²) < 4.78 is 40.2. The second-order valence-electron chi connectivity index (χ2n) is 7.81. The highest BCUT2D eigenvalue weighted by atomic mass is 35.5. The number of hydrogen-bond acceptors (Lipinski definition) is 4. The molecule has 3 aromatic rings. The largest absolute Gasteiger partial charge is 0.394 e. The summed E-state index contributed by atoms with van der Waals surface area (Å²) in [6, 6.07) is 12.7. The number of aromatic nitrogens is 3. The summed E-state index contributed by atoms with van der Waals surface area (Å²) >= 11 is 12.1. The molecule has 1 atom stereocenters. The van der Waals surface area contributed by atoms with Crippen LogP contribution in [0.1, 0.15) is 18.9 Å². The smallest absolute Gasteiger partial charge is 0.390 e. The lowest BCUT2D eigenvalue weighted by Gasteiger charge is -2.30. The van der Waals surface area contributed by atoms with Gasteiger partial charge in [0, 0.05) is 22.2 Å². The van der Waals surface area contributed by atoms with Gasteiger partial charge in [0.2, 0.25) is 5.91 Å². The summed E-state index contributed by atoms with van der Waals surface area (Å²) in [5.41, 5.74) is -1.33. The average Bonchev–Trinajstić information content (AvgIpc) is 3.07. The number of carbonyl (C=O) groups excluding carboxylic acids is 1. The van der Waals surface area contributed by atoms with Crippen molar-refractivity contribution in [1.82, 2.24) is 19.7 Å². The van der Waals surface area contributed by atoms with Gasteiger partial charge in [-0.1, -0.05) is 41.4 Å². The minimum atomic E-state index is -4.49.